The molecule has 0 bridgehead atoms. The highest BCUT2D eigenvalue weighted by Crippen LogP contribution is 2.38. The van der Waals surface area contributed by atoms with Crippen LogP contribution in [0, 0.1) is 34.0 Å². The van der Waals surface area contributed by atoms with Gasteiger partial charge in [-0.2, -0.15) is 15.8 Å². The summed E-state index contributed by atoms with van der Waals surface area (Å²) in [5.41, 5.74) is 5.57. The summed E-state index contributed by atoms with van der Waals surface area (Å²) in [5, 5.41) is 37.3. The minimum absolute atomic E-state index is 0.400. The van der Waals surface area contributed by atoms with Crippen molar-refractivity contribution in [3.05, 3.63) is 187 Å². The molecule has 1 aromatic heterocycles. The van der Waals surface area contributed by atoms with E-state index in [0.717, 1.165) is 32.9 Å². The van der Waals surface area contributed by atoms with Crippen molar-refractivity contribution < 1.29 is 0 Å². The van der Waals surface area contributed by atoms with Crippen LogP contribution in [0.15, 0.2) is 170 Å². The van der Waals surface area contributed by atoms with Gasteiger partial charge in [0.05, 0.1) is 45.5 Å². The van der Waals surface area contributed by atoms with E-state index in [2.05, 4.69) is 138 Å². The monoisotopic (exact) mass is 652 g/mol. The number of hydrogen-bond donors (Lipinski definition) is 0. The maximum Gasteiger partial charge on any atom is 0.179 e. The van der Waals surface area contributed by atoms with Crippen LogP contribution in [0.4, 0.5) is 0 Å². The zero-order valence-electron chi connectivity index (χ0n) is 27.0. The Hall–Kier alpha value is -6.97. The molecule has 7 aromatic carbocycles. The van der Waals surface area contributed by atoms with E-state index >= 15 is 0 Å². The van der Waals surface area contributed by atoms with Crippen LogP contribution in [-0.4, -0.2) is 12.6 Å². The number of hydrogen-bond acceptors (Lipinski definition) is 3. The van der Waals surface area contributed by atoms with Crippen molar-refractivity contribution in [2.45, 2.75) is 0 Å². The van der Waals surface area contributed by atoms with E-state index in [0.29, 0.717) is 22.4 Å². The Balaban J connectivity index is 1.41. The number of nitrogens with zero attached hydrogens (tertiary/aromatic N) is 4. The average molecular weight is 653 g/mol. The summed E-state index contributed by atoms with van der Waals surface area (Å²) < 4.78 is 2.10. The maximum atomic E-state index is 10.6. The second-order valence-electron chi connectivity index (χ2n) is 12.3. The molecule has 0 atom stereocenters. The third-order valence-electron chi connectivity index (χ3n) is 9.63. The Morgan fingerprint density at radius 3 is 1.50 bits per heavy atom. The Morgan fingerprint density at radius 2 is 0.940 bits per heavy atom. The molecule has 4 nitrogen and oxygen atoms in total. The molecule has 0 spiro atoms. The summed E-state index contributed by atoms with van der Waals surface area (Å²) in [4.78, 5) is 0. The summed E-state index contributed by atoms with van der Waals surface area (Å²) in [7, 11) is -2.74. The molecular formula is C45H28N4Si. The normalized spacial score (nSPS) is 11.1. The van der Waals surface area contributed by atoms with Crippen LogP contribution in [-0.2, 0) is 0 Å². The fourth-order valence-corrected chi connectivity index (χ4v) is 12.2. The summed E-state index contributed by atoms with van der Waals surface area (Å²) in [6.07, 6.45) is 0. The van der Waals surface area contributed by atoms with Crippen molar-refractivity contribution >= 4 is 50.6 Å². The van der Waals surface area contributed by atoms with Gasteiger partial charge in [0.2, 0.25) is 0 Å². The molecule has 0 saturated carbocycles. The molecule has 5 heteroatoms. The molecule has 0 unspecified atom stereocenters. The minimum atomic E-state index is -2.74. The Kier molecular flexibility index (Phi) is 7.63. The zero-order valence-corrected chi connectivity index (χ0v) is 28.0. The molecular weight excluding hydrogens is 625 g/mol. The molecule has 0 N–H and O–H groups in total. The smallest absolute Gasteiger partial charge is 0.179 e. The Labute approximate surface area is 291 Å². The molecule has 0 amide bonds. The molecule has 0 aliphatic rings. The van der Waals surface area contributed by atoms with Crippen LogP contribution in [0.25, 0.3) is 38.6 Å². The highest BCUT2D eigenvalue weighted by atomic mass is 28.3. The van der Waals surface area contributed by atoms with Crippen LogP contribution in [0.1, 0.15) is 16.7 Å². The first-order valence-corrected chi connectivity index (χ1v) is 18.4. The third kappa shape index (κ3) is 4.80. The van der Waals surface area contributed by atoms with Crippen LogP contribution < -0.4 is 20.7 Å². The number of fused-ring (bicyclic) bond motifs is 3. The number of rotatable bonds is 6. The quantitative estimate of drug-likeness (QED) is 0.138. The van der Waals surface area contributed by atoms with E-state index in [9.17, 15) is 15.8 Å². The van der Waals surface area contributed by atoms with Gasteiger partial charge in [0.1, 0.15) is 6.07 Å². The van der Waals surface area contributed by atoms with Gasteiger partial charge in [0.25, 0.3) is 0 Å². The SMILES string of the molecule is N#Cc1cc(C#N)c(-n2c3ccccc3c3cc(C#N)ccc32)c(-c2ccc([Si](c3ccccc3)(c3ccccc3)c3ccccc3)cc2)c1. The number of benzene rings is 7. The van der Waals surface area contributed by atoms with Crippen molar-refractivity contribution in [2.24, 2.45) is 0 Å². The van der Waals surface area contributed by atoms with E-state index in [4.69, 9.17) is 0 Å². The minimum Gasteiger partial charge on any atom is -0.307 e. The second kappa shape index (κ2) is 12.6. The Morgan fingerprint density at radius 1 is 0.420 bits per heavy atom. The predicted octanol–water partition coefficient (Wildman–Crippen LogP) is 7.44. The lowest BCUT2D eigenvalue weighted by atomic mass is 9.97. The molecule has 8 rings (SSSR count). The standard InChI is InChI=1S/C45H28N4Si/c46-29-32-20-25-44-42(27-32)40-18-10-11-19-43(40)49(44)45-35(31-48)26-33(30-47)28-41(45)34-21-23-39(24-22-34)50(36-12-4-1-5-13-36,37-14-6-2-7-15-37)38-16-8-3-9-17-38/h1-28H. The van der Waals surface area contributed by atoms with Gasteiger partial charge in [-0.25, -0.2) is 0 Å². The lowest BCUT2D eigenvalue weighted by molar-refractivity contribution is 1.17. The van der Waals surface area contributed by atoms with Crippen LogP contribution in [0.3, 0.4) is 0 Å². The molecule has 1 heterocycles. The fourth-order valence-electron chi connectivity index (χ4n) is 7.49. The van der Waals surface area contributed by atoms with Crippen LogP contribution in [0.2, 0.25) is 0 Å². The van der Waals surface area contributed by atoms with Crippen molar-refractivity contribution in [1.29, 1.82) is 15.8 Å². The Bertz CT molecular complexity index is 2560. The third-order valence-corrected chi connectivity index (χ3v) is 14.4. The van der Waals surface area contributed by atoms with Crippen molar-refractivity contribution in [2.75, 3.05) is 0 Å². The van der Waals surface area contributed by atoms with E-state index in [1.165, 1.54) is 20.7 Å². The van der Waals surface area contributed by atoms with Gasteiger partial charge in [0, 0.05) is 16.3 Å². The topological polar surface area (TPSA) is 76.3 Å². The van der Waals surface area contributed by atoms with Gasteiger partial charge in [-0.15, -0.1) is 0 Å². The summed E-state index contributed by atoms with van der Waals surface area (Å²) in [6, 6.07) is 65.3. The van der Waals surface area contributed by atoms with Gasteiger partial charge < -0.3 is 4.57 Å². The number of nitriles is 3. The predicted molar refractivity (Wildman–Crippen MR) is 204 cm³/mol. The van der Waals surface area contributed by atoms with E-state index in [-0.39, 0.29) is 0 Å². The molecule has 0 radical (unpaired) electrons. The zero-order chi connectivity index (χ0) is 34.1. The second-order valence-corrected chi connectivity index (χ2v) is 16.1. The van der Waals surface area contributed by atoms with Gasteiger partial charge in [-0.1, -0.05) is 133 Å². The highest BCUT2D eigenvalue weighted by molar-refractivity contribution is 7.19. The molecule has 0 fully saturated rings. The maximum absolute atomic E-state index is 10.6. The average Bonchev–Trinajstić information content (AvgIpc) is 3.52. The molecule has 8 aromatic rings. The molecule has 0 saturated heterocycles. The first-order valence-electron chi connectivity index (χ1n) is 16.4. The van der Waals surface area contributed by atoms with Crippen molar-refractivity contribution in [3.63, 3.8) is 0 Å². The first-order chi connectivity index (χ1) is 24.7. The van der Waals surface area contributed by atoms with Crippen molar-refractivity contribution in [3.8, 4) is 35.0 Å². The molecule has 232 valence electrons. The number of aromatic nitrogens is 1. The van der Waals surface area contributed by atoms with E-state index in [1.54, 1.807) is 6.07 Å². The largest absolute Gasteiger partial charge is 0.307 e. The van der Waals surface area contributed by atoms with Crippen molar-refractivity contribution in [1.82, 2.24) is 4.57 Å². The summed E-state index contributed by atoms with van der Waals surface area (Å²) >= 11 is 0. The van der Waals surface area contributed by atoms with Gasteiger partial charge in [0.15, 0.2) is 8.07 Å². The van der Waals surface area contributed by atoms with E-state index in [1.807, 2.05) is 48.5 Å². The summed E-state index contributed by atoms with van der Waals surface area (Å²) in [5.74, 6) is 0. The highest BCUT2D eigenvalue weighted by Gasteiger charge is 2.41. The van der Waals surface area contributed by atoms with Gasteiger partial charge in [-0.05, 0) is 62.7 Å². The fraction of sp³-hybridized carbons (Fsp3) is 0. The molecule has 0 aliphatic heterocycles. The molecule has 50 heavy (non-hydrogen) atoms. The lowest BCUT2D eigenvalue weighted by Crippen LogP contribution is -2.74. The van der Waals surface area contributed by atoms with Gasteiger partial charge in [-0.3, -0.25) is 0 Å². The summed E-state index contributed by atoms with van der Waals surface area (Å²) in [6.45, 7) is 0. The first kappa shape index (κ1) is 30.4. The van der Waals surface area contributed by atoms with Gasteiger partial charge >= 0.3 is 0 Å². The van der Waals surface area contributed by atoms with Crippen LogP contribution >= 0.6 is 0 Å². The van der Waals surface area contributed by atoms with Crippen LogP contribution in [0.5, 0.6) is 0 Å². The van der Waals surface area contributed by atoms with E-state index < -0.39 is 8.07 Å². The number of para-hydroxylation sites is 1. The lowest BCUT2D eigenvalue weighted by Gasteiger charge is -2.34. The molecule has 0 aliphatic carbocycles.